The fraction of sp³-hybridized carbons (Fsp3) is 0.389. The Hall–Kier alpha value is -2.32. The summed E-state index contributed by atoms with van der Waals surface area (Å²) in [7, 11) is -3.17. The molecule has 2 aromatic rings. The summed E-state index contributed by atoms with van der Waals surface area (Å²) in [6, 6.07) is 12.6. The second-order valence-corrected chi connectivity index (χ2v) is 8.26. The Labute approximate surface area is 153 Å². The maximum atomic E-state index is 12.3. The monoisotopic (exact) mass is 378 g/mol. The number of carbonyl (C=O) groups is 1. The molecule has 1 aliphatic heterocycles. The van der Waals surface area contributed by atoms with E-state index in [4.69, 9.17) is 9.15 Å². The van der Waals surface area contributed by atoms with Crippen molar-refractivity contribution in [2.45, 2.75) is 25.5 Å². The van der Waals surface area contributed by atoms with Crippen LogP contribution in [0.4, 0.5) is 0 Å². The van der Waals surface area contributed by atoms with Crippen molar-refractivity contribution in [2.75, 3.05) is 19.3 Å². The molecule has 0 atom stereocenters. The number of piperidine rings is 1. The van der Waals surface area contributed by atoms with Gasteiger partial charge in [0.25, 0.3) is 5.91 Å². The van der Waals surface area contributed by atoms with Crippen LogP contribution in [0.2, 0.25) is 0 Å². The fourth-order valence-electron chi connectivity index (χ4n) is 2.84. The number of rotatable bonds is 6. The Bertz CT molecular complexity index is 839. The fourth-order valence-corrected chi connectivity index (χ4v) is 3.71. The molecule has 0 aliphatic carbocycles. The van der Waals surface area contributed by atoms with Crippen molar-refractivity contribution in [1.29, 1.82) is 0 Å². The summed E-state index contributed by atoms with van der Waals surface area (Å²) in [6.07, 6.45) is 2.38. The summed E-state index contributed by atoms with van der Waals surface area (Å²) in [5.41, 5.74) is 0. The number of benzene rings is 1. The molecular formula is C18H22N2O5S. The maximum absolute atomic E-state index is 12.3. The molecule has 0 bridgehead atoms. The largest absolute Gasteiger partial charge is 0.486 e. The van der Waals surface area contributed by atoms with Crippen LogP contribution in [0.15, 0.2) is 46.9 Å². The smallest absolute Gasteiger partial charge is 0.287 e. The van der Waals surface area contributed by atoms with Gasteiger partial charge in [-0.3, -0.25) is 4.79 Å². The van der Waals surface area contributed by atoms with E-state index in [9.17, 15) is 13.2 Å². The molecular weight excluding hydrogens is 356 g/mol. The zero-order valence-corrected chi connectivity index (χ0v) is 15.4. The van der Waals surface area contributed by atoms with Gasteiger partial charge in [0, 0.05) is 19.1 Å². The van der Waals surface area contributed by atoms with E-state index in [1.807, 2.05) is 30.3 Å². The third kappa shape index (κ3) is 4.86. The Balaban J connectivity index is 1.49. The minimum Gasteiger partial charge on any atom is -0.486 e. The lowest BCUT2D eigenvalue weighted by atomic mass is 10.1. The number of nitrogens with zero attached hydrogens (tertiary/aromatic N) is 1. The SMILES string of the molecule is CS(=O)(=O)N1CCC(NC(=O)c2ccc(COc3ccccc3)o2)CC1. The molecule has 2 heterocycles. The van der Waals surface area contributed by atoms with Crippen LogP contribution in [-0.4, -0.2) is 44.0 Å². The first kappa shape index (κ1) is 18.5. The molecule has 0 unspecified atom stereocenters. The number of amides is 1. The van der Waals surface area contributed by atoms with Crippen LogP contribution >= 0.6 is 0 Å². The lowest BCUT2D eigenvalue weighted by Crippen LogP contribution is -2.46. The highest BCUT2D eigenvalue weighted by atomic mass is 32.2. The number of carbonyl (C=O) groups excluding carboxylic acids is 1. The molecule has 8 heteroatoms. The minimum absolute atomic E-state index is 0.0605. The molecule has 7 nitrogen and oxygen atoms in total. The summed E-state index contributed by atoms with van der Waals surface area (Å²) < 4.78 is 35.6. The predicted octanol–water partition coefficient (Wildman–Crippen LogP) is 2.01. The van der Waals surface area contributed by atoms with E-state index in [1.54, 1.807) is 12.1 Å². The lowest BCUT2D eigenvalue weighted by molar-refractivity contribution is 0.0891. The highest BCUT2D eigenvalue weighted by Gasteiger charge is 2.26. The molecule has 1 fully saturated rings. The number of para-hydroxylation sites is 1. The third-order valence-corrected chi connectivity index (χ3v) is 5.57. The van der Waals surface area contributed by atoms with E-state index in [0.717, 1.165) is 5.75 Å². The number of ether oxygens (including phenoxy) is 1. The van der Waals surface area contributed by atoms with Crippen molar-refractivity contribution in [1.82, 2.24) is 9.62 Å². The predicted molar refractivity (Wildman–Crippen MR) is 96.4 cm³/mol. The maximum Gasteiger partial charge on any atom is 0.287 e. The van der Waals surface area contributed by atoms with Crippen LogP contribution < -0.4 is 10.1 Å². The van der Waals surface area contributed by atoms with E-state index >= 15 is 0 Å². The van der Waals surface area contributed by atoms with Gasteiger partial charge in [0.2, 0.25) is 10.0 Å². The topological polar surface area (TPSA) is 88.9 Å². The molecule has 1 amide bonds. The van der Waals surface area contributed by atoms with Crippen LogP contribution in [0, 0.1) is 0 Å². The molecule has 140 valence electrons. The van der Waals surface area contributed by atoms with Gasteiger partial charge >= 0.3 is 0 Å². The van der Waals surface area contributed by atoms with E-state index in [1.165, 1.54) is 10.6 Å². The van der Waals surface area contributed by atoms with Crippen molar-refractivity contribution in [3.05, 3.63) is 54.0 Å². The van der Waals surface area contributed by atoms with Crippen LogP contribution in [0.5, 0.6) is 5.75 Å². The first-order valence-electron chi connectivity index (χ1n) is 8.44. The second-order valence-electron chi connectivity index (χ2n) is 6.28. The van der Waals surface area contributed by atoms with Crippen LogP contribution in [0.25, 0.3) is 0 Å². The van der Waals surface area contributed by atoms with Crippen molar-refractivity contribution < 1.29 is 22.4 Å². The van der Waals surface area contributed by atoms with Gasteiger partial charge in [-0.2, -0.15) is 0 Å². The quantitative estimate of drug-likeness (QED) is 0.831. The summed E-state index contributed by atoms with van der Waals surface area (Å²) in [4.78, 5) is 12.3. The third-order valence-electron chi connectivity index (χ3n) is 4.27. The molecule has 1 aromatic heterocycles. The van der Waals surface area contributed by atoms with Crippen molar-refractivity contribution in [3.63, 3.8) is 0 Å². The van der Waals surface area contributed by atoms with E-state index in [2.05, 4.69) is 5.32 Å². The van der Waals surface area contributed by atoms with Gasteiger partial charge in [-0.15, -0.1) is 0 Å². The van der Waals surface area contributed by atoms with Crippen LogP contribution in [-0.2, 0) is 16.6 Å². The summed E-state index contributed by atoms with van der Waals surface area (Å²) in [6.45, 7) is 1.07. The first-order chi connectivity index (χ1) is 12.4. The molecule has 0 saturated carbocycles. The molecule has 1 saturated heterocycles. The Morgan fingerprint density at radius 2 is 1.88 bits per heavy atom. The van der Waals surface area contributed by atoms with Gasteiger partial charge in [0.1, 0.15) is 18.1 Å². The molecule has 0 spiro atoms. The van der Waals surface area contributed by atoms with Crippen molar-refractivity contribution >= 4 is 15.9 Å². The normalized spacial score (nSPS) is 16.3. The van der Waals surface area contributed by atoms with E-state index < -0.39 is 10.0 Å². The lowest BCUT2D eigenvalue weighted by Gasteiger charge is -2.30. The van der Waals surface area contributed by atoms with Gasteiger partial charge < -0.3 is 14.5 Å². The van der Waals surface area contributed by atoms with Gasteiger partial charge in [0.05, 0.1) is 6.26 Å². The van der Waals surface area contributed by atoms with Gasteiger partial charge in [0.15, 0.2) is 5.76 Å². The minimum atomic E-state index is -3.17. The Morgan fingerprint density at radius 1 is 1.19 bits per heavy atom. The van der Waals surface area contributed by atoms with E-state index in [-0.39, 0.29) is 24.3 Å². The number of sulfonamides is 1. The summed E-state index contributed by atoms with van der Waals surface area (Å²) in [5.74, 6) is 1.22. The average Bonchev–Trinajstić information content (AvgIpc) is 3.10. The number of nitrogens with one attached hydrogen (secondary N) is 1. The van der Waals surface area contributed by atoms with Crippen molar-refractivity contribution in [2.24, 2.45) is 0 Å². The standard InChI is InChI=1S/C18H22N2O5S/c1-26(22,23)20-11-9-14(10-12-20)19-18(21)17-8-7-16(25-17)13-24-15-5-3-2-4-6-15/h2-8,14H,9-13H2,1H3,(H,19,21). The highest BCUT2D eigenvalue weighted by Crippen LogP contribution is 2.16. The highest BCUT2D eigenvalue weighted by molar-refractivity contribution is 7.88. The number of furan rings is 1. The van der Waals surface area contributed by atoms with Gasteiger partial charge in [-0.25, -0.2) is 12.7 Å². The summed E-state index contributed by atoms with van der Waals surface area (Å²) in [5, 5.41) is 2.90. The van der Waals surface area contributed by atoms with E-state index in [0.29, 0.717) is 31.7 Å². The zero-order valence-electron chi connectivity index (χ0n) is 14.6. The molecule has 1 N–H and O–H groups in total. The molecule has 26 heavy (non-hydrogen) atoms. The van der Waals surface area contributed by atoms with Gasteiger partial charge in [-0.1, -0.05) is 18.2 Å². The molecule has 1 aromatic carbocycles. The Kier molecular flexibility index (Phi) is 5.63. The first-order valence-corrected chi connectivity index (χ1v) is 10.3. The average molecular weight is 378 g/mol. The molecule has 1 aliphatic rings. The van der Waals surface area contributed by atoms with Crippen LogP contribution in [0.3, 0.4) is 0 Å². The molecule has 3 rings (SSSR count). The summed E-state index contributed by atoms with van der Waals surface area (Å²) >= 11 is 0. The van der Waals surface area contributed by atoms with Crippen molar-refractivity contribution in [3.8, 4) is 5.75 Å². The van der Waals surface area contributed by atoms with Gasteiger partial charge in [-0.05, 0) is 37.1 Å². The number of hydrogen-bond donors (Lipinski definition) is 1. The molecule has 0 radical (unpaired) electrons. The Morgan fingerprint density at radius 3 is 2.54 bits per heavy atom. The zero-order chi connectivity index (χ0) is 18.6. The number of hydrogen-bond acceptors (Lipinski definition) is 5. The van der Waals surface area contributed by atoms with Crippen LogP contribution in [0.1, 0.15) is 29.2 Å². The second kappa shape index (κ2) is 7.92.